The summed E-state index contributed by atoms with van der Waals surface area (Å²) in [4.78, 5) is 24.8. The van der Waals surface area contributed by atoms with Crippen molar-refractivity contribution in [2.75, 3.05) is 31.1 Å². The molecule has 0 aromatic carbocycles. The predicted molar refractivity (Wildman–Crippen MR) is 74.9 cm³/mol. The molecule has 0 saturated carbocycles. The van der Waals surface area contributed by atoms with Gasteiger partial charge < -0.3 is 9.80 Å². The van der Waals surface area contributed by atoms with E-state index < -0.39 is 0 Å². The molecule has 1 aromatic heterocycles. The second-order valence-electron chi connectivity index (χ2n) is 5.05. The molecule has 0 radical (unpaired) electrons. The molecular formula is C14H22N4O. The van der Waals surface area contributed by atoms with Gasteiger partial charge in [0.15, 0.2) is 0 Å². The number of hydrogen-bond acceptors (Lipinski definition) is 4. The van der Waals surface area contributed by atoms with Gasteiger partial charge in [0.1, 0.15) is 0 Å². The number of carbonyl (C=O) groups is 1. The van der Waals surface area contributed by atoms with Crippen LogP contribution in [0.5, 0.6) is 0 Å². The van der Waals surface area contributed by atoms with Crippen molar-refractivity contribution in [1.29, 1.82) is 0 Å². The Morgan fingerprint density at radius 2 is 1.89 bits per heavy atom. The van der Waals surface area contributed by atoms with Crippen molar-refractivity contribution in [2.45, 2.75) is 26.7 Å². The van der Waals surface area contributed by atoms with Crippen LogP contribution >= 0.6 is 0 Å². The lowest BCUT2D eigenvalue weighted by Crippen LogP contribution is -2.50. The SMILES string of the molecule is CCCC(C)C(=O)N1CCN(c2ncccn2)CC1. The molecule has 2 rings (SSSR count). The summed E-state index contributed by atoms with van der Waals surface area (Å²) >= 11 is 0. The van der Waals surface area contributed by atoms with Crippen LogP contribution in [0.15, 0.2) is 18.5 Å². The van der Waals surface area contributed by atoms with Crippen molar-refractivity contribution in [3.05, 3.63) is 18.5 Å². The Balaban J connectivity index is 1.87. The number of nitrogens with zero attached hydrogens (tertiary/aromatic N) is 4. The fourth-order valence-electron chi connectivity index (χ4n) is 2.45. The zero-order valence-electron chi connectivity index (χ0n) is 11.7. The Labute approximate surface area is 114 Å². The summed E-state index contributed by atoms with van der Waals surface area (Å²) in [5.41, 5.74) is 0. The van der Waals surface area contributed by atoms with Crippen LogP contribution in [0, 0.1) is 5.92 Å². The van der Waals surface area contributed by atoms with Gasteiger partial charge in [-0.1, -0.05) is 20.3 Å². The van der Waals surface area contributed by atoms with Crippen molar-refractivity contribution < 1.29 is 4.79 Å². The first-order valence-corrected chi connectivity index (χ1v) is 7.03. The topological polar surface area (TPSA) is 49.3 Å². The lowest BCUT2D eigenvalue weighted by atomic mass is 10.0. The van der Waals surface area contributed by atoms with Crippen LogP contribution in [0.3, 0.4) is 0 Å². The van der Waals surface area contributed by atoms with Gasteiger partial charge in [-0.05, 0) is 12.5 Å². The minimum Gasteiger partial charge on any atom is -0.339 e. The van der Waals surface area contributed by atoms with Crippen molar-refractivity contribution in [1.82, 2.24) is 14.9 Å². The molecule has 1 aliphatic heterocycles. The van der Waals surface area contributed by atoms with Crippen LogP contribution < -0.4 is 4.90 Å². The van der Waals surface area contributed by atoms with Crippen molar-refractivity contribution in [3.63, 3.8) is 0 Å². The number of hydrogen-bond donors (Lipinski definition) is 0. The van der Waals surface area contributed by atoms with Crippen LogP contribution in [0.2, 0.25) is 0 Å². The third kappa shape index (κ3) is 3.43. The number of anilines is 1. The van der Waals surface area contributed by atoms with E-state index in [4.69, 9.17) is 0 Å². The molecule has 2 heterocycles. The monoisotopic (exact) mass is 262 g/mol. The molecule has 0 aliphatic carbocycles. The van der Waals surface area contributed by atoms with E-state index in [9.17, 15) is 4.79 Å². The average molecular weight is 262 g/mol. The fourth-order valence-corrected chi connectivity index (χ4v) is 2.45. The highest BCUT2D eigenvalue weighted by molar-refractivity contribution is 5.78. The quantitative estimate of drug-likeness (QED) is 0.826. The van der Waals surface area contributed by atoms with Gasteiger partial charge in [-0.25, -0.2) is 9.97 Å². The highest BCUT2D eigenvalue weighted by Crippen LogP contribution is 2.14. The smallest absolute Gasteiger partial charge is 0.225 e. The lowest BCUT2D eigenvalue weighted by molar-refractivity contribution is -0.135. The van der Waals surface area contributed by atoms with E-state index in [-0.39, 0.29) is 11.8 Å². The van der Waals surface area contributed by atoms with Gasteiger partial charge in [0, 0.05) is 44.5 Å². The largest absolute Gasteiger partial charge is 0.339 e. The van der Waals surface area contributed by atoms with E-state index in [1.165, 1.54) is 0 Å². The maximum atomic E-state index is 12.2. The van der Waals surface area contributed by atoms with E-state index in [2.05, 4.69) is 21.8 Å². The molecule has 1 unspecified atom stereocenters. The van der Waals surface area contributed by atoms with Gasteiger partial charge in [-0.2, -0.15) is 0 Å². The Morgan fingerprint density at radius 3 is 2.47 bits per heavy atom. The van der Waals surface area contributed by atoms with Crippen LogP contribution in [-0.4, -0.2) is 47.0 Å². The summed E-state index contributed by atoms with van der Waals surface area (Å²) < 4.78 is 0. The highest BCUT2D eigenvalue weighted by Gasteiger charge is 2.25. The number of aromatic nitrogens is 2. The molecule has 1 aromatic rings. The third-order valence-electron chi connectivity index (χ3n) is 3.57. The first-order chi connectivity index (χ1) is 9.22. The van der Waals surface area contributed by atoms with E-state index in [1.54, 1.807) is 12.4 Å². The Kier molecular flexibility index (Phi) is 4.71. The zero-order valence-corrected chi connectivity index (χ0v) is 11.7. The molecule has 19 heavy (non-hydrogen) atoms. The van der Waals surface area contributed by atoms with Crippen LogP contribution in [0.1, 0.15) is 26.7 Å². The molecule has 1 saturated heterocycles. The molecule has 0 bridgehead atoms. The lowest BCUT2D eigenvalue weighted by Gasteiger charge is -2.35. The van der Waals surface area contributed by atoms with Gasteiger partial charge in [-0.15, -0.1) is 0 Å². The van der Waals surface area contributed by atoms with Crippen LogP contribution in [-0.2, 0) is 4.79 Å². The standard InChI is InChI=1S/C14H22N4O/c1-3-5-12(2)13(19)17-8-10-18(11-9-17)14-15-6-4-7-16-14/h4,6-7,12H,3,5,8-11H2,1-2H3. The van der Waals surface area contributed by atoms with Gasteiger partial charge in [0.25, 0.3) is 0 Å². The maximum Gasteiger partial charge on any atom is 0.225 e. The van der Waals surface area contributed by atoms with E-state index in [1.807, 2.05) is 17.9 Å². The van der Waals surface area contributed by atoms with Gasteiger partial charge in [0.05, 0.1) is 0 Å². The molecule has 0 spiro atoms. The molecule has 1 amide bonds. The first-order valence-electron chi connectivity index (χ1n) is 7.03. The summed E-state index contributed by atoms with van der Waals surface area (Å²) in [6.45, 7) is 7.31. The number of piperazine rings is 1. The van der Waals surface area contributed by atoms with Crippen molar-refractivity contribution in [2.24, 2.45) is 5.92 Å². The zero-order chi connectivity index (χ0) is 13.7. The molecular weight excluding hydrogens is 240 g/mol. The normalized spacial score (nSPS) is 17.4. The molecule has 1 aliphatic rings. The van der Waals surface area contributed by atoms with Crippen molar-refractivity contribution >= 4 is 11.9 Å². The Morgan fingerprint density at radius 1 is 1.26 bits per heavy atom. The summed E-state index contributed by atoms with van der Waals surface area (Å²) in [7, 11) is 0. The molecule has 5 heteroatoms. The van der Waals surface area contributed by atoms with E-state index in [0.29, 0.717) is 0 Å². The first kappa shape index (κ1) is 13.8. The molecule has 1 atom stereocenters. The minimum atomic E-state index is 0.143. The number of rotatable bonds is 4. The average Bonchev–Trinajstić information content (AvgIpc) is 2.48. The van der Waals surface area contributed by atoms with Crippen molar-refractivity contribution in [3.8, 4) is 0 Å². The predicted octanol–water partition coefficient (Wildman–Crippen LogP) is 1.56. The van der Waals surface area contributed by atoms with Gasteiger partial charge in [0.2, 0.25) is 11.9 Å². The van der Waals surface area contributed by atoms with Crippen LogP contribution in [0.4, 0.5) is 5.95 Å². The molecule has 5 nitrogen and oxygen atoms in total. The van der Waals surface area contributed by atoms with Gasteiger partial charge >= 0.3 is 0 Å². The van der Waals surface area contributed by atoms with E-state index in [0.717, 1.165) is 45.0 Å². The molecule has 1 fully saturated rings. The number of amides is 1. The minimum absolute atomic E-state index is 0.143. The summed E-state index contributed by atoms with van der Waals surface area (Å²) in [5.74, 6) is 1.19. The second-order valence-corrected chi connectivity index (χ2v) is 5.05. The summed E-state index contributed by atoms with van der Waals surface area (Å²) in [6, 6.07) is 1.82. The fraction of sp³-hybridized carbons (Fsp3) is 0.643. The van der Waals surface area contributed by atoms with Crippen LogP contribution in [0.25, 0.3) is 0 Å². The molecule has 104 valence electrons. The third-order valence-corrected chi connectivity index (χ3v) is 3.57. The number of carbonyl (C=O) groups excluding carboxylic acids is 1. The summed E-state index contributed by atoms with van der Waals surface area (Å²) in [6.07, 6.45) is 5.54. The second kappa shape index (κ2) is 6.50. The maximum absolute atomic E-state index is 12.2. The Bertz CT molecular complexity index is 401. The highest BCUT2D eigenvalue weighted by atomic mass is 16.2. The van der Waals surface area contributed by atoms with Gasteiger partial charge in [-0.3, -0.25) is 4.79 Å². The Hall–Kier alpha value is -1.65. The van der Waals surface area contributed by atoms with E-state index >= 15 is 0 Å². The molecule has 0 N–H and O–H groups in total. The summed E-state index contributed by atoms with van der Waals surface area (Å²) in [5, 5.41) is 0.